The van der Waals surface area contributed by atoms with E-state index in [0.717, 1.165) is 48.1 Å². The second-order valence-electron chi connectivity index (χ2n) is 7.03. The number of carbonyl (C=O) groups is 2. The summed E-state index contributed by atoms with van der Waals surface area (Å²) >= 11 is 0. The molecule has 0 aliphatic carbocycles. The minimum Gasteiger partial charge on any atom is -0.465 e. The third-order valence-electron chi connectivity index (χ3n) is 4.74. The van der Waals surface area contributed by atoms with Gasteiger partial charge in [-0.15, -0.1) is 0 Å². The second kappa shape index (κ2) is 14.3. The first kappa shape index (κ1) is 25.4. The van der Waals surface area contributed by atoms with Crippen molar-refractivity contribution in [3.63, 3.8) is 0 Å². The van der Waals surface area contributed by atoms with E-state index in [2.05, 4.69) is 0 Å². The fourth-order valence-electron chi connectivity index (χ4n) is 3.14. The van der Waals surface area contributed by atoms with Crippen LogP contribution >= 0.6 is 7.92 Å². The molecule has 0 aliphatic rings. The van der Waals surface area contributed by atoms with E-state index in [1.54, 1.807) is 18.2 Å². The van der Waals surface area contributed by atoms with Crippen molar-refractivity contribution in [1.82, 2.24) is 0 Å². The number of aldehydes is 1. The molecule has 3 rings (SSSR count). The quantitative estimate of drug-likeness (QED) is 0.226. The van der Waals surface area contributed by atoms with Crippen LogP contribution in [-0.2, 0) is 4.74 Å². The van der Waals surface area contributed by atoms with Crippen molar-refractivity contribution in [2.75, 3.05) is 20.2 Å². The number of nitrogens with two attached hydrogens (primary N) is 2. The SMILES string of the molecule is COC(=O)c1ccc(C=O)cc1P(c1ccccc1)c1ccccc1.NCCCCCN. The summed E-state index contributed by atoms with van der Waals surface area (Å²) in [5, 5.41) is 3.04. The number of rotatable bonds is 9. The van der Waals surface area contributed by atoms with Gasteiger partial charge in [-0.3, -0.25) is 4.79 Å². The lowest BCUT2D eigenvalue weighted by atomic mass is 10.1. The van der Waals surface area contributed by atoms with E-state index < -0.39 is 13.9 Å². The number of esters is 1. The van der Waals surface area contributed by atoms with Gasteiger partial charge in [0.1, 0.15) is 6.29 Å². The molecule has 6 heteroatoms. The monoisotopic (exact) mass is 450 g/mol. The predicted octanol–water partition coefficient (Wildman–Crippen LogP) is 3.12. The molecule has 0 amide bonds. The average Bonchev–Trinajstić information content (AvgIpc) is 2.86. The zero-order valence-electron chi connectivity index (χ0n) is 18.4. The number of hydrogen-bond acceptors (Lipinski definition) is 5. The van der Waals surface area contributed by atoms with Crippen molar-refractivity contribution in [2.24, 2.45) is 11.5 Å². The molecule has 0 spiro atoms. The van der Waals surface area contributed by atoms with Crippen molar-refractivity contribution in [3.05, 3.63) is 90.0 Å². The van der Waals surface area contributed by atoms with Gasteiger partial charge in [0, 0.05) is 10.9 Å². The summed E-state index contributed by atoms with van der Waals surface area (Å²) in [6.07, 6.45) is 4.23. The highest BCUT2D eigenvalue weighted by Crippen LogP contribution is 2.34. The van der Waals surface area contributed by atoms with Crippen LogP contribution in [0.4, 0.5) is 0 Å². The molecule has 0 aliphatic heterocycles. The van der Waals surface area contributed by atoms with Gasteiger partial charge in [-0.05, 0) is 56.6 Å². The third-order valence-corrected chi connectivity index (χ3v) is 7.22. The zero-order valence-corrected chi connectivity index (χ0v) is 19.3. The minimum atomic E-state index is -0.987. The topological polar surface area (TPSA) is 95.4 Å². The Bertz CT molecular complexity index is 922. The number of carbonyl (C=O) groups excluding carboxylic acids is 2. The molecule has 0 fully saturated rings. The van der Waals surface area contributed by atoms with E-state index in [1.807, 2.05) is 60.7 Å². The second-order valence-corrected chi connectivity index (χ2v) is 9.22. The predicted molar refractivity (Wildman–Crippen MR) is 134 cm³/mol. The van der Waals surface area contributed by atoms with Crippen LogP contribution in [0.1, 0.15) is 40.0 Å². The van der Waals surface area contributed by atoms with Gasteiger partial charge in [-0.2, -0.15) is 0 Å². The molecular weight excluding hydrogens is 419 g/mol. The standard InChI is InChI=1S/C21H17O3P.C5H14N2/c1-24-21(23)19-13-12-16(15-22)14-20(19)25(17-8-4-2-5-9-17)18-10-6-3-7-11-18;6-4-2-1-3-5-7/h2-15H,1H3;1-7H2. The van der Waals surface area contributed by atoms with Gasteiger partial charge in [0.05, 0.1) is 12.7 Å². The number of benzene rings is 3. The maximum absolute atomic E-state index is 12.3. The fourth-order valence-corrected chi connectivity index (χ4v) is 5.62. The van der Waals surface area contributed by atoms with E-state index in [9.17, 15) is 9.59 Å². The van der Waals surface area contributed by atoms with Gasteiger partial charge < -0.3 is 16.2 Å². The average molecular weight is 451 g/mol. The Balaban J connectivity index is 0.000000451. The summed E-state index contributed by atoms with van der Waals surface area (Å²) in [5.41, 5.74) is 11.5. The van der Waals surface area contributed by atoms with Crippen molar-refractivity contribution in [1.29, 1.82) is 0 Å². The summed E-state index contributed by atoms with van der Waals surface area (Å²) in [7, 11) is 0.382. The molecule has 0 radical (unpaired) electrons. The highest BCUT2D eigenvalue weighted by Gasteiger charge is 2.23. The van der Waals surface area contributed by atoms with Crippen molar-refractivity contribution in [3.8, 4) is 0 Å². The fraction of sp³-hybridized carbons (Fsp3) is 0.231. The van der Waals surface area contributed by atoms with Crippen LogP contribution < -0.4 is 27.4 Å². The van der Waals surface area contributed by atoms with Crippen molar-refractivity contribution >= 4 is 36.1 Å². The molecule has 0 bridgehead atoms. The van der Waals surface area contributed by atoms with Gasteiger partial charge in [0.25, 0.3) is 0 Å². The Morgan fingerprint density at radius 2 is 1.38 bits per heavy atom. The largest absolute Gasteiger partial charge is 0.465 e. The van der Waals surface area contributed by atoms with Gasteiger partial charge in [0.15, 0.2) is 0 Å². The van der Waals surface area contributed by atoms with Crippen molar-refractivity contribution in [2.45, 2.75) is 19.3 Å². The molecule has 0 aromatic heterocycles. The first-order valence-electron chi connectivity index (χ1n) is 10.6. The Morgan fingerprint density at radius 3 is 1.81 bits per heavy atom. The van der Waals surface area contributed by atoms with Crippen LogP contribution in [0.3, 0.4) is 0 Å². The molecule has 0 atom stereocenters. The first-order valence-corrected chi connectivity index (χ1v) is 12.0. The van der Waals surface area contributed by atoms with Crippen LogP contribution in [0.2, 0.25) is 0 Å². The van der Waals surface area contributed by atoms with Gasteiger partial charge in [-0.25, -0.2) is 4.79 Å². The number of methoxy groups -OCH3 is 1. The normalized spacial score (nSPS) is 10.2. The minimum absolute atomic E-state index is 0.396. The number of hydrogen-bond donors (Lipinski definition) is 2. The van der Waals surface area contributed by atoms with E-state index >= 15 is 0 Å². The summed E-state index contributed by atoms with van der Waals surface area (Å²) in [4.78, 5) is 23.6. The van der Waals surface area contributed by atoms with Crippen LogP contribution in [0.15, 0.2) is 78.9 Å². The van der Waals surface area contributed by atoms with E-state index in [4.69, 9.17) is 16.2 Å². The summed E-state index contributed by atoms with van der Waals surface area (Å²) in [5.74, 6) is -0.396. The molecule has 3 aromatic carbocycles. The Kier molecular flexibility index (Phi) is 11.3. The van der Waals surface area contributed by atoms with Crippen LogP contribution in [0.5, 0.6) is 0 Å². The van der Waals surface area contributed by atoms with Gasteiger partial charge in [0.2, 0.25) is 0 Å². The molecule has 0 saturated carbocycles. The highest BCUT2D eigenvalue weighted by atomic mass is 31.1. The van der Waals surface area contributed by atoms with Gasteiger partial charge >= 0.3 is 5.97 Å². The first-order chi connectivity index (χ1) is 15.7. The summed E-state index contributed by atoms with van der Waals surface area (Å²) in [6, 6.07) is 25.2. The van der Waals surface area contributed by atoms with Crippen LogP contribution in [0, 0.1) is 0 Å². The molecule has 4 N–H and O–H groups in total. The molecule has 0 saturated heterocycles. The summed E-state index contributed by atoms with van der Waals surface area (Å²) < 4.78 is 4.96. The maximum atomic E-state index is 12.3. The molecular formula is C26H31N2O3P. The number of ether oxygens (including phenoxy) is 1. The lowest BCUT2D eigenvalue weighted by molar-refractivity contribution is 0.0602. The zero-order chi connectivity index (χ0) is 23.2. The molecule has 5 nitrogen and oxygen atoms in total. The van der Waals surface area contributed by atoms with Crippen LogP contribution in [0.25, 0.3) is 0 Å². The Morgan fingerprint density at radius 1 is 0.844 bits per heavy atom. The molecule has 3 aromatic rings. The smallest absolute Gasteiger partial charge is 0.338 e. The maximum Gasteiger partial charge on any atom is 0.338 e. The van der Waals surface area contributed by atoms with Gasteiger partial charge in [-0.1, -0.05) is 73.2 Å². The lowest BCUT2D eigenvalue weighted by Gasteiger charge is -2.21. The van der Waals surface area contributed by atoms with E-state index in [-0.39, 0.29) is 0 Å². The Hall–Kier alpha value is -2.85. The van der Waals surface area contributed by atoms with Crippen molar-refractivity contribution < 1.29 is 14.3 Å². The highest BCUT2D eigenvalue weighted by molar-refractivity contribution is 7.80. The van der Waals surface area contributed by atoms with Crippen LogP contribution in [-0.4, -0.2) is 32.5 Å². The Labute approximate surface area is 191 Å². The van der Waals surface area contributed by atoms with E-state index in [1.165, 1.54) is 13.5 Å². The number of unbranched alkanes of at least 4 members (excludes halogenated alkanes) is 2. The molecule has 168 valence electrons. The molecule has 0 heterocycles. The third kappa shape index (κ3) is 7.38. The summed E-state index contributed by atoms with van der Waals surface area (Å²) in [6.45, 7) is 1.61. The van der Waals surface area contributed by atoms with E-state index in [0.29, 0.717) is 11.1 Å². The molecule has 0 unspecified atom stereocenters. The molecule has 32 heavy (non-hydrogen) atoms. The lowest BCUT2D eigenvalue weighted by Crippen LogP contribution is -2.26.